The van der Waals surface area contributed by atoms with E-state index in [9.17, 15) is 0 Å². The zero-order chi connectivity index (χ0) is 14.3. The van der Waals surface area contributed by atoms with Crippen LogP contribution in [0.25, 0.3) is 0 Å². The first-order valence-electron chi connectivity index (χ1n) is 6.65. The number of halogens is 1. The molecule has 0 bridgehead atoms. The summed E-state index contributed by atoms with van der Waals surface area (Å²) in [5, 5.41) is 4.07. The topological polar surface area (TPSA) is 30.5 Å². The highest BCUT2D eigenvalue weighted by molar-refractivity contribution is 6.30. The van der Waals surface area contributed by atoms with Gasteiger partial charge in [-0.1, -0.05) is 31.5 Å². The van der Waals surface area contributed by atoms with E-state index in [1.165, 1.54) is 0 Å². The molecule has 19 heavy (non-hydrogen) atoms. The van der Waals surface area contributed by atoms with E-state index in [2.05, 4.69) is 19.2 Å². The molecule has 3 nitrogen and oxygen atoms in total. The number of aryl methyl sites for hydroxylation is 1. The fourth-order valence-corrected chi connectivity index (χ4v) is 1.90. The van der Waals surface area contributed by atoms with Gasteiger partial charge in [0.15, 0.2) is 0 Å². The Bertz CT molecular complexity index is 382. The Morgan fingerprint density at radius 2 is 2.00 bits per heavy atom. The number of hydrogen-bond acceptors (Lipinski definition) is 3. The van der Waals surface area contributed by atoms with E-state index in [1.807, 2.05) is 25.1 Å². The van der Waals surface area contributed by atoms with Gasteiger partial charge in [-0.15, -0.1) is 0 Å². The Labute approximate surface area is 121 Å². The summed E-state index contributed by atoms with van der Waals surface area (Å²) in [6.45, 7) is 8.66. The van der Waals surface area contributed by atoms with Gasteiger partial charge < -0.3 is 14.8 Å². The third-order valence-corrected chi connectivity index (χ3v) is 2.96. The molecular formula is C15H24ClNO2. The molecule has 0 aliphatic rings. The zero-order valence-corrected chi connectivity index (χ0v) is 13.0. The van der Waals surface area contributed by atoms with Gasteiger partial charge in [0.1, 0.15) is 11.9 Å². The van der Waals surface area contributed by atoms with Gasteiger partial charge in [-0.05, 0) is 37.1 Å². The third kappa shape index (κ3) is 6.28. The largest absolute Gasteiger partial charge is 0.486 e. The van der Waals surface area contributed by atoms with Crippen LogP contribution in [0.3, 0.4) is 0 Å². The summed E-state index contributed by atoms with van der Waals surface area (Å²) >= 11 is 6.00. The molecule has 0 amide bonds. The van der Waals surface area contributed by atoms with Crippen LogP contribution in [0.5, 0.6) is 5.75 Å². The summed E-state index contributed by atoms with van der Waals surface area (Å²) in [7, 11) is 1.68. The standard InChI is InChI=1S/C15H24ClNO2/c1-11(2)8-17-9-14(10-18-4)19-15-7-13(16)6-5-12(15)3/h5-7,11,14,17H,8-10H2,1-4H3. The van der Waals surface area contributed by atoms with Crippen LogP contribution < -0.4 is 10.1 Å². The lowest BCUT2D eigenvalue weighted by Gasteiger charge is -2.21. The molecule has 0 aliphatic carbocycles. The molecule has 0 radical (unpaired) electrons. The number of ether oxygens (including phenoxy) is 2. The zero-order valence-electron chi connectivity index (χ0n) is 12.2. The number of rotatable bonds is 8. The van der Waals surface area contributed by atoms with Crippen molar-refractivity contribution in [2.45, 2.75) is 26.9 Å². The summed E-state index contributed by atoms with van der Waals surface area (Å²) in [5.41, 5.74) is 1.08. The Balaban J connectivity index is 2.58. The number of hydrogen-bond donors (Lipinski definition) is 1. The van der Waals surface area contributed by atoms with E-state index in [0.29, 0.717) is 17.5 Å². The van der Waals surface area contributed by atoms with Crippen molar-refractivity contribution in [2.75, 3.05) is 26.8 Å². The maximum Gasteiger partial charge on any atom is 0.134 e. The molecule has 1 unspecified atom stereocenters. The normalized spacial score (nSPS) is 12.7. The molecule has 1 N–H and O–H groups in total. The summed E-state index contributed by atoms with van der Waals surface area (Å²) in [6.07, 6.45) is -0.0130. The Hall–Kier alpha value is -0.770. The molecule has 1 aromatic carbocycles. The maximum absolute atomic E-state index is 6.00. The van der Waals surface area contributed by atoms with E-state index in [0.717, 1.165) is 24.4 Å². The minimum atomic E-state index is -0.0130. The highest BCUT2D eigenvalue weighted by Gasteiger charge is 2.12. The van der Waals surface area contributed by atoms with Gasteiger partial charge in [0.25, 0.3) is 0 Å². The fourth-order valence-electron chi connectivity index (χ4n) is 1.73. The summed E-state index contributed by atoms with van der Waals surface area (Å²) < 4.78 is 11.2. The third-order valence-electron chi connectivity index (χ3n) is 2.72. The van der Waals surface area contributed by atoms with Crippen molar-refractivity contribution in [1.82, 2.24) is 5.32 Å². The van der Waals surface area contributed by atoms with Crippen molar-refractivity contribution in [3.63, 3.8) is 0 Å². The molecule has 4 heteroatoms. The van der Waals surface area contributed by atoms with E-state index in [-0.39, 0.29) is 6.10 Å². The van der Waals surface area contributed by atoms with Crippen molar-refractivity contribution in [3.05, 3.63) is 28.8 Å². The lowest BCUT2D eigenvalue weighted by atomic mass is 10.2. The molecule has 0 saturated carbocycles. The maximum atomic E-state index is 6.00. The molecule has 1 rings (SSSR count). The van der Waals surface area contributed by atoms with Gasteiger partial charge in [0.05, 0.1) is 6.61 Å². The summed E-state index contributed by atoms with van der Waals surface area (Å²) in [6, 6.07) is 5.68. The number of benzene rings is 1. The predicted molar refractivity (Wildman–Crippen MR) is 80.2 cm³/mol. The van der Waals surface area contributed by atoms with Crippen LogP contribution in [0, 0.1) is 12.8 Å². The molecule has 1 aromatic rings. The van der Waals surface area contributed by atoms with Crippen molar-refractivity contribution < 1.29 is 9.47 Å². The van der Waals surface area contributed by atoms with Gasteiger partial charge in [0, 0.05) is 18.7 Å². The van der Waals surface area contributed by atoms with Crippen LogP contribution in [0.2, 0.25) is 5.02 Å². The van der Waals surface area contributed by atoms with Gasteiger partial charge in [0.2, 0.25) is 0 Å². The number of methoxy groups -OCH3 is 1. The minimum absolute atomic E-state index is 0.0130. The second-order valence-corrected chi connectivity index (χ2v) is 5.59. The lowest BCUT2D eigenvalue weighted by molar-refractivity contribution is 0.0798. The van der Waals surface area contributed by atoms with E-state index < -0.39 is 0 Å². The summed E-state index contributed by atoms with van der Waals surface area (Å²) in [4.78, 5) is 0. The van der Waals surface area contributed by atoms with Crippen LogP contribution in [0.4, 0.5) is 0 Å². The molecule has 108 valence electrons. The first-order chi connectivity index (χ1) is 9.02. The SMILES string of the molecule is COCC(CNCC(C)C)Oc1cc(Cl)ccc1C. The Morgan fingerprint density at radius 1 is 1.26 bits per heavy atom. The highest BCUT2D eigenvalue weighted by atomic mass is 35.5. The monoisotopic (exact) mass is 285 g/mol. The van der Waals surface area contributed by atoms with Crippen molar-refractivity contribution in [1.29, 1.82) is 0 Å². The Kier molecular flexibility index (Phi) is 7.21. The van der Waals surface area contributed by atoms with Gasteiger partial charge >= 0.3 is 0 Å². The van der Waals surface area contributed by atoms with E-state index in [4.69, 9.17) is 21.1 Å². The molecule has 0 spiro atoms. The van der Waals surface area contributed by atoms with Gasteiger partial charge in [-0.2, -0.15) is 0 Å². The van der Waals surface area contributed by atoms with Crippen LogP contribution in [0.1, 0.15) is 19.4 Å². The average Bonchev–Trinajstić information content (AvgIpc) is 2.33. The van der Waals surface area contributed by atoms with Crippen LogP contribution in [-0.2, 0) is 4.74 Å². The molecule has 0 aromatic heterocycles. The molecule has 0 saturated heterocycles. The molecule has 0 aliphatic heterocycles. The van der Waals surface area contributed by atoms with Crippen LogP contribution in [-0.4, -0.2) is 32.9 Å². The average molecular weight is 286 g/mol. The Morgan fingerprint density at radius 3 is 2.63 bits per heavy atom. The van der Waals surface area contributed by atoms with Crippen LogP contribution in [0.15, 0.2) is 18.2 Å². The minimum Gasteiger partial charge on any atom is -0.486 e. The molecule has 0 heterocycles. The van der Waals surface area contributed by atoms with E-state index in [1.54, 1.807) is 7.11 Å². The quantitative estimate of drug-likeness (QED) is 0.795. The van der Waals surface area contributed by atoms with E-state index >= 15 is 0 Å². The molecular weight excluding hydrogens is 262 g/mol. The number of nitrogens with one attached hydrogen (secondary N) is 1. The molecule has 1 atom stereocenters. The second kappa shape index (κ2) is 8.41. The fraction of sp³-hybridized carbons (Fsp3) is 0.600. The highest BCUT2D eigenvalue weighted by Crippen LogP contribution is 2.23. The second-order valence-electron chi connectivity index (χ2n) is 5.16. The van der Waals surface area contributed by atoms with Crippen molar-refractivity contribution in [3.8, 4) is 5.75 Å². The molecule has 0 fully saturated rings. The van der Waals surface area contributed by atoms with Gasteiger partial charge in [-0.25, -0.2) is 0 Å². The first-order valence-corrected chi connectivity index (χ1v) is 7.03. The smallest absolute Gasteiger partial charge is 0.134 e. The predicted octanol–water partition coefficient (Wildman–Crippen LogP) is 3.29. The van der Waals surface area contributed by atoms with Crippen molar-refractivity contribution >= 4 is 11.6 Å². The first kappa shape index (κ1) is 16.3. The van der Waals surface area contributed by atoms with Crippen LogP contribution >= 0.6 is 11.6 Å². The van der Waals surface area contributed by atoms with Crippen molar-refractivity contribution in [2.24, 2.45) is 5.92 Å². The van der Waals surface area contributed by atoms with Gasteiger partial charge in [-0.3, -0.25) is 0 Å². The summed E-state index contributed by atoms with van der Waals surface area (Å²) in [5.74, 6) is 1.44. The lowest BCUT2D eigenvalue weighted by Crippen LogP contribution is -2.36.